The van der Waals surface area contributed by atoms with Crippen LogP contribution >= 0.6 is 0 Å². The molecule has 2 aromatic heterocycles. The van der Waals surface area contributed by atoms with Gasteiger partial charge in [0, 0.05) is 12.4 Å². The number of aromatic nitrogens is 4. The number of benzene rings is 2. The number of methoxy groups -OCH3 is 2. The van der Waals surface area contributed by atoms with E-state index < -0.39 is 17.5 Å². The van der Waals surface area contributed by atoms with E-state index in [4.69, 9.17) is 9.47 Å². The summed E-state index contributed by atoms with van der Waals surface area (Å²) in [5.41, 5.74) is 3.30. The zero-order chi connectivity index (χ0) is 24.9. The van der Waals surface area contributed by atoms with Gasteiger partial charge in [-0.05, 0) is 72.5 Å². The van der Waals surface area contributed by atoms with Crippen molar-refractivity contribution in [2.75, 3.05) is 14.2 Å². The second kappa shape index (κ2) is 10.2. The molecule has 9 heteroatoms. The van der Waals surface area contributed by atoms with E-state index in [1.54, 1.807) is 26.4 Å². The fourth-order valence-electron chi connectivity index (χ4n) is 3.84. The maximum Gasteiger partial charge on any atom is 0.264 e. The SMILES string of the molecule is COc1ccc(C(NC(=O)c2cnc(-c3cccnn3)[nH]c2=O)c2ccc(OC)cc2C)c(C)c1. The molecule has 35 heavy (non-hydrogen) atoms. The lowest BCUT2D eigenvalue weighted by Gasteiger charge is -2.24. The average Bonchev–Trinajstić information content (AvgIpc) is 2.87. The Labute approximate surface area is 202 Å². The van der Waals surface area contributed by atoms with Gasteiger partial charge in [0.15, 0.2) is 5.82 Å². The van der Waals surface area contributed by atoms with Crippen molar-refractivity contribution in [1.82, 2.24) is 25.5 Å². The number of hydrogen-bond acceptors (Lipinski definition) is 7. The maximum atomic E-state index is 13.3. The first-order chi connectivity index (χ1) is 16.9. The summed E-state index contributed by atoms with van der Waals surface area (Å²) >= 11 is 0. The molecule has 9 nitrogen and oxygen atoms in total. The van der Waals surface area contributed by atoms with E-state index in [2.05, 4.69) is 25.5 Å². The molecule has 4 rings (SSSR count). The summed E-state index contributed by atoms with van der Waals surface area (Å²) in [6.07, 6.45) is 2.77. The van der Waals surface area contributed by atoms with Gasteiger partial charge in [0.05, 0.1) is 20.3 Å². The van der Waals surface area contributed by atoms with Crippen molar-refractivity contribution >= 4 is 5.91 Å². The van der Waals surface area contributed by atoms with E-state index in [0.29, 0.717) is 17.2 Å². The van der Waals surface area contributed by atoms with Gasteiger partial charge in [-0.15, -0.1) is 5.10 Å². The molecule has 178 valence electrons. The minimum absolute atomic E-state index is 0.111. The van der Waals surface area contributed by atoms with Gasteiger partial charge >= 0.3 is 0 Å². The number of amides is 1. The average molecular weight is 472 g/mol. The lowest BCUT2D eigenvalue weighted by Crippen LogP contribution is -2.34. The van der Waals surface area contributed by atoms with Gasteiger partial charge in [-0.2, -0.15) is 5.10 Å². The Morgan fingerprint density at radius 2 is 1.60 bits per heavy atom. The van der Waals surface area contributed by atoms with Crippen LogP contribution < -0.4 is 20.3 Å². The number of aromatic amines is 1. The molecule has 0 radical (unpaired) electrons. The highest BCUT2D eigenvalue weighted by Gasteiger charge is 2.23. The van der Waals surface area contributed by atoms with Crippen molar-refractivity contribution in [3.05, 3.63) is 99.1 Å². The normalized spacial score (nSPS) is 10.8. The van der Waals surface area contributed by atoms with Crippen LogP contribution in [0.3, 0.4) is 0 Å². The van der Waals surface area contributed by atoms with Gasteiger partial charge < -0.3 is 19.8 Å². The van der Waals surface area contributed by atoms with E-state index in [1.807, 2.05) is 50.2 Å². The second-order valence-corrected chi connectivity index (χ2v) is 7.94. The number of nitrogens with one attached hydrogen (secondary N) is 2. The molecule has 0 saturated heterocycles. The molecule has 0 aliphatic heterocycles. The predicted octanol–water partition coefficient (Wildman–Crippen LogP) is 3.38. The summed E-state index contributed by atoms with van der Waals surface area (Å²) in [7, 11) is 3.20. The summed E-state index contributed by atoms with van der Waals surface area (Å²) in [5.74, 6) is 1.10. The highest BCUT2D eigenvalue weighted by Crippen LogP contribution is 2.31. The lowest BCUT2D eigenvalue weighted by atomic mass is 9.91. The molecule has 2 N–H and O–H groups in total. The van der Waals surface area contributed by atoms with Crippen LogP contribution in [-0.2, 0) is 0 Å². The van der Waals surface area contributed by atoms with Crippen LogP contribution in [0.25, 0.3) is 11.5 Å². The number of carbonyl (C=O) groups is 1. The molecule has 2 aromatic carbocycles. The Kier molecular flexibility index (Phi) is 6.86. The number of hydrogen-bond donors (Lipinski definition) is 2. The molecule has 2 heterocycles. The van der Waals surface area contributed by atoms with Gasteiger partial charge in [-0.3, -0.25) is 9.59 Å². The van der Waals surface area contributed by atoms with Crippen LogP contribution in [0.15, 0.2) is 65.7 Å². The van der Waals surface area contributed by atoms with Gasteiger partial charge in [0.1, 0.15) is 22.8 Å². The third kappa shape index (κ3) is 5.03. The van der Waals surface area contributed by atoms with Crippen LogP contribution in [0, 0.1) is 13.8 Å². The van der Waals surface area contributed by atoms with Crippen LogP contribution in [0.5, 0.6) is 11.5 Å². The third-order valence-electron chi connectivity index (χ3n) is 5.71. The summed E-state index contributed by atoms with van der Waals surface area (Å²) in [6, 6.07) is 14.1. The smallest absolute Gasteiger partial charge is 0.264 e. The number of ether oxygens (including phenoxy) is 2. The Hall–Kier alpha value is -4.53. The monoisotopic (exact) mass is 471 g/mol. The zero-order valence-corrected chi connectivity index (χ0v) is 19.8. The van der Waals surface area contributed by atoms with E-state index in [0.717, 1.165) is 22.3 Å². The lowest BCUT2D eigenvalue weighted by molar-refractivity contribution is 0.0941. The molecule has 4 aromatic rings. The zero-order valence-electron chi connectivity index (χ0n) is 19.8. The van der Waals surface area contributed by atoms with Gasteiger partial charge in [0.25, 0.3) is 11.5 Å². The van der Waals surface area contributed by atoms with Crippen LogP contribution in [0.2, 0.25) is 0 Å². The van der Waals surface area contributed by atoms with Crippen molar-refractivity contribution in [2.45, 2.75) is 19.9 Å². The van der Waals surface area contributed by atoms with Gasteiger partial charge in [0.2, 0.25) is 0 Å². The number of rotatable bonds is 7. The fraction of sp³-hybridized carbons (Fsp3) is 0.192. The van der Waals surface area contributed by atoms with E-state index >= 15 is 0 Å². The Bertz CT molecular complexity index is 1370. The van der Waals surface area contributed by atoms with E-state index in [-0.39, 0.29) is 11.4 Å². The largest absolute Gasteiger partial charge is 0.497 e. The topological polar surface area (TPSA) is 119 Å². The molecule has 0 saturated carbocycles. The molecule has 0 unspecified atom stereocenters. The number of carbonyl (C=O) groups excluding carboxylic acids is 1. The highest BCUT2D eigenvalue weighted by atomic mass is 16.5. The van der Waals surface area contributed by atoms with Crippen LogP contribution in [-0.4, -0.2) is 40.3 Å². The van der Waals surface area contributed by atoms with Crippen LogP contribution in [0.4, 0.5) is 0 Å². The summed E-state index contributed by atoms with van der Waals surface area (Å²) in [6.45, 7) is 3.89. The third-order valence-corrected chi connectivity index (χ3v) is 5.71. The van der Waals surface area contributed by atoms with E-state index in [1.165, 1.54) is 12.4 Å². The molecule has 0 aliphatic carbocycles. The van der Waals surface area contributed by atoms with Crippen molar-refractivity contribution in [3.63, 3.8) is 0 Å². The minimum Gasteiger partial charge on any atom is -0.497 e. The van der Waals surface area contributed by atoms with Crippen LogP contribution in [0.1, 0.15) is 38.7 Å². The summed E-state index contributed by atoms with van der Waals surface area (Å²) < 4.78 is 10.7. The summed E-state index contributed by atoms with van der Waals surface area (Å²) in [4.78, 5) is 32.9. The van der Waals surface area contributed by atoms with Gasteiger partial charge in [-0.1, -0.05) is 12.1 Å². The molecule has 0 bridgehead atoms. The number of nitrogens with zero attached hydrogens (tertiary/aromatic N) is 3. The first kappa shape index (κ1) is 23.6. The number of H-pyrrole nitrogens is 1. The predicted molar refractivity (Wildman–Crippen MR) is 131 cm³/mol. The molecular formula is C26H25N5O4. The Balaban J connectivity index is 1.72. The minimum atomic E-state index is -0.574. The summed E-state index contributed by atoms with van der Waals surface area (Å²) in [5, 5.41) is 10.7. The molecule has 1 amide bonds. The second-order valence-electron chi connectivity index (χ2n) is 7.94. The maximum absolute atomic E-state index is 13.3. The van der Waals surface area contributed by atoms with Gasteiger partial charge in [-0.25, -0.2) is 4.98 Å². The van der Waals surface area contributed by atoms with Crippen molar-refractivity contribution in [2.24, 2.45) is 0 Å². The first-order valence-electron chi connectivity index (χ1n) is 10.9. The molecule has 0 atom stereocenters. The number of aryl methyl sites for hydroxylation is 2. The highest BCUT2D eigenvalue weighted by molar-refractivity contribution is 5.94. The standard InChI is InChI=1S/C26H25N5O4/c1-15-12-17(34-3)7-9-19(15)23(20-10-8-18(35-4)13-16(20)2)29-25(32)21-14-27-24(30-26(21)33)22-6-5-11-28-31-22/h5-14,23H,1-4H3,(H,29,32)(H,27,30,33). The Morgan fingerprint density at radius 1 is 0.971 bits per heavy atom. The molecular weight excluding hydrogens is 446 g/mol. The van der Waals surface area contributed by atoms with Crippen molar-refractivity contribution in [1.29, 1.82) is 0 Å². The van der Waals surface area contributed by atoms with Crippen molar-refractivity contribution in [3.8, 4) is 23.0 Å². The molecule has 0 aliphatic rings. The molecule has 0 fully saturated rings. The first-order valence-corrected chi connectivity index (χ1v) is 10.9. The molecule has 0 spiro atoms. The van der Waals surface area contributed by atoms with E-state index in [9.17, 15) is 9.59 Å². The fourth-order valence-corrected chi connectivity index (χ4v) is 3.84. The Morgan fingerprint density at radius 3 is 2.09 bits per heavy atom. The quantitative estimate of drug-likeness (QED) is 0.424. The van der Waals surface area contributed by atoms with Crippen molar-refractivity contribution < 1.29 is 14.3 Å².